The quantitative estimate of drug-likeness (QED) is 0.460. The number of hydrogen-bond donors (Lipinski definition) is 0. The van der Waals surface area contributed by atoms with Crippen molar-refractivity contribution in [2.75, 3.05) is 37.7 Å². The van der Waals surface area contributed by atoms with Crippen LogP contribution in [-0.4, -0.2) is 70.9 Å². The molecule has 0 saturated carbocycles. The van der Waals surface area contributed by atoms with Crippen LogP contribution in [0.2, 0.25) is 0 Å². The van der Waals surface area contributed by atoms with Crippen molar-refractivity contribution in [3.8, 4) is 5.88 Å². The molecule has 4 atom stereocenters. The maximum atomic E-state index is 13.8. The second-order valence-corrected chi connectivity index (χ2v) is 11.3. The van der Waals surface area contributed by atoms with E-state index >= 15 is 0 Å². The minimum Gasteiger partial charge on any atom is -0.477 e. The molecule has 0 aliphatic carbocycles. The Morgan fingerprint density at radius 3 is 2.76 bits per heavy atom. The molecule has 3 fully saturated rings. The number of ether oxygens (including phenoxy) is 1. The van der Waals surface area contributed by atoms with Gasteiger partial charge in [0.05, 0.1) is 17.7 Å². The molecule has 3 aromatic rings. The van der Waals surface area contributed by atoms with Crippen molar-refractivity contribution in [2.45, 2.75) is 70.6 Å². The average molecular weight is 508 g/mol. The molecule has 3 saturated heterocycles. The fourth-order valence-corrected chi connectivity index (χ4v) is 6.52. The number of pyridine rings is 1. The van der Waals surface area contributed by atoms with Gasteiger partial charge in [-0.1, -0.05) is 17.6 Å². The first-order chi connectivity index (χ1) is 18.0. The standard InChI is InChI=1S/C29H38FN5O2/c1-20-5-3-6-21(2)35(20)17-24-7-4-8-28(31-24)36-19-22-9-11-25-18-34(14-13-33(25)16-22)29-26-15-23(30)10-12-27(26)37-32-29/h4,7-8,10,12,15,20-22,25H,3,5-6,9,11,13-14,16-19H2,1-2H3/t20-,21-,22+,25-/m0/s1. The lowest BCUT2D eigenvalue weighted by Gasteiger charge is -2.46. The highest BCUT2D eigenvalue weighted by Gasteiger charge is 2.34. The van der Waals surface area contributed by atoms with E-state index in [4.69, 9.17) is 14.2 Å². The molecule has 0 radical (unpaired) electrons. The molecule has 0 N–H and O–H groups in total. The molecule has 6 rings (SSSR count). The maximum Gasteiger partial charge on any atom is 0.213 e. The Kier molecular flexibility index (Phi) is 7.04. The Bertz CT molecular complexity index is 1210. The van der Waals surface area contributed by atoms with Crippen molar-refractivity contribution in [2.24, 2.45) is 5.92 Å². The first-order valence-corrected chi connectivity index (χ1v) is 13.9. The summed E-state index contributed by atoms with van der Waals surface area (Å²) < 4.78 is 25.5. The average Bonchev–Trinajstić information content (AvgIpc) is 3.32. The Labute approximate surface area is 218 Å². The highest BCUT2D eigenvalue weighted by Crippen LogP contribution is 2.32. The zero-order chi connectivity index (χ0) is 25.4. The van der Waals surface area contributed by atoms with Gasteiger partial charge in [0, 0.05) is 62.8 Å². The largest absolute Gasteiger partial charge is 0.477 e. The second-order valence-electron chi connectivity index (χ2n) is 11.3. The number of rotatable bonds is 6. The number of likely N-dealkylation sites (tertiary alicyclic amines) is 1. The van der Waals surface area contributed by atoms with Crippen LogP contribution in [0.3, 0.4) is 0 Å². The first-order valence-electron chi connectivity index (χ1n) is 13.9. The van der Waals surface area contributed by atoms with Crippen molar-refractivity contribution < 1.29 is 13.7 Å². The third-order valence-electron chi connectivity index (χ3n) is 8.69. The van der Waals surface area contributed by atoms with Crippen LogP contribution >= 0.6 is 0 Å². The van der Waals surface area contributed by atoms with Gasteiger partial charge >= 0.3 is 0 Å². The number of nitrogens with zero attached hydrogens (tertiary/aromatic N) is 5. The van der Waals surface area contributed by atoms with Gasteiger partial charge in [-0.15, -0.1) is 0 Å². The zero-order valence-electron chi connectivity index (χ0n) is 22.0. The molecule has 198 valence electrons. The number of piperidine rings is 2. The van der Waals surface area contributed by atoms with Crippen LogP contribution in [0.25, 0.3) is 11.0 Å². The summed E-state index contributed by atoms with van der Waals surface area (Å²) in [7, 11) is 0. The summed E-state index contributed by atoms with van der Waals surface area (Å²) in [6, 6.07) is 12.5. The molecule has 7 nitrogen and oxygen atoms in total. The highest BCUT2D eigenvalue weighted by atomic mass is 19.1. The zero-order valence-corrected chi connectivity index (χ0v) is 22.0. The van der Waals surface area contributed by atoms with Crippen LogP contribution in [0.15, 0.2) is 40.9 Å². The number of anilines is 1. The summed E-state index contributed by atoms with van der Waals surface area (Å²) in [4.78, 5) is 12.3. The van der Waals surface area contributed by atoms with Crippen LogP contribution in [0.1, 0.15) is 51.6 Å². The lowest BCUT2D eigenvalue weighted by Crippen LogP contribution is -2.57. The highest BCUT2D eigenvalue weighted by molar-refractivity contribution is 5.88. The van der Waals surface area contributed by atoms with Gasteiger partial charge < -0.3 is 14.2 Å². The van der Waals surface area contributed by atoms with E-state index in [-0.39, 0.29) is 5.82 Å². The smallest absolute Gasteiger partial charge is 0.213 e. The van der Waals surface area contributed by atoms with Crippen molar-refractivity contribution >= 4 is 16.8 Å². The Hall–Kier alpha value is -2.71. The van der Waals surface area contributed by atoms with Crippen molar-refractivity contribution in [1.82, 2.24) is 19.9 Å². The predicted molar refractivity (Wildman–Crippen MR) is 142 cm³/mol. The van der Waals surface area contributed by atoms with Crippen LogP contribution < -0.4 is 9.64 Å². The molecular weight excluding hydrogens is 469 g/mol. The normalized spacial score (nSPS) is 27.4. The van der Waals surface area contributed by atoms with Crippen LogP contribution in [0.4, 0.5) is 10.2 Å². The second kappa shape index (κ2) is 10.6. The molecule has 8 heteroatoms. The lowest BCUT2D eigenvalue weighted by atomic mass is 9.91. The molecule has 0 spiro atoms. The topological polar surface area (TPSA) is 57.9 Å². The van der Waals surface area contributed by atoms with E-state index in [1.807, 2.05) is 6.07 Å². The summed E-state index contributed by atoms with van der Waals surface area (Å²) in [5, 5.41) is 5.02. The number of halogens is 1. The van der Waals surface area contributed by atoms with Crippen LogP contribution in [-0.2, 0) is 6.54 Å². The number of fused-ring (bicyclic) bond motifs is 2. The van der Waals surface area contributed by atoms with Gasteiger partial charge in [0.1, 0.15) is 5.82 Å². The van der Waals surface area contributed by atoms with E-state index in [2.05, 4.69) is 45.8 Å². The van der Waals surface area contributed by atoms with Gasteiger partial charge in [-0.2, -0.15) is 0 Å². The number of aromatic nitrogens is 2. The van der Waals surface area contributed by atoms with E-state index in [9.17, 15) is 4.39 Å². The third kappa shape index (κ3) is 5.32. The van der Waals surface area contributed by atoms with E-state index in [0.717, 1.165) is 68.3 Å². The molecule has 3 aliphatic heterocycles. The predicted octanol–water partition coefficient (Wildman–Crippen LogP) is 5.10. The fraction of sp³-hybridized carbons (Fsp3) is 0.586. The molecule has 0 unspecified atom stereocenters. The first kappa shape index (κ1) is 24.6. The number of piperazine rings is 1. The SMILES string of the molecule is C[C@H]1CCC[C@H](C)N1Cc1cccc(OC[C@@H]2CC[C@H]3CN(c4noc5ccc(F)cc45)CCN3C2)n1. The maximum absolute atomic E-state index is 13.8. The fourth-order valence-electron chi connectivity index (χ4n) is 6.52. The van der Waals surface area contributed by atoms with Gasteiger partial charge in [-0.3, -0.25) is 9.80 Å². The van der Waals surface area contributed by atoms with Crippen molar-refractivity contribution in [3.05, 3.63) is 47.9 Å². The minimum atomic E-state index is -0.258. The number of hydrogen-bond acceptors (Lipinski definition) is 7. The Balaban J connectivity index is 1.02. The molecule has 1 aromatic carbocycles. The molecule has 3 aliphatic rings. The summed E-state index contributed by atoms with van der Waals surface area (Å²) in [6.07, 6.45) is 6.11. The molecule has 5 heterocycles. The summed E-state index contributed by atoms with van der Waals surface area (Å²) in [6.45, 7) is 10.0. The van der Waals surface area contributed by atoms with Gasteiger partial charge in [0.2, 0.25) is 5.88 Å². The monoisotopic (exact) mass is 507 g/mol. The van der Waals surface area contributed by atoms with E-state index in [1.54, 1.807) is 6.07 Å². The van der Waals surface area contributed by atoms with Gasteiger partial charge in [-0.05, 0) is 63.8 Å². The van der Waals surface area contributed by atoms with Gasteiger partial charge in [-0.25, -0.2) is 9.37 Å². The van der Waals surface area contributed by atoms with Gasteiger partial charge in [0.25, 0.3) is 0 Å². The molecule has 37 heavy (non-hydrogen) atoms. The Morgan fingerprint density at radius 1 is 1.03 bits per heavy atom. The van der Waals surface area contributed by atoms with Crippen molar-refractivity contribution in [3.63, 3.8) is 0 Å². The lowest BCUT2D eigenvalue weighted by molar-refractivity contribution is 0.0712. The minimum absolute atomic E-state index is 0.258. The molecule has 0 bridgehead atoms. The van der Waals surface area contributed by atoms with Crippen molar-refractivity contribution in [1.29, 1.82) is 0 Å². The summed E-state index contributed by atoms with van der Waals surface area (Å²) >= 11 is 0. The van der Waals surface area contributed by atoms with E-state index < -0.39 is 0 Å². The summed E-state index contributed by atoms with van der Waals surface area (Å²) in [5.74, 6) is 1.75. The molecular formula is C29H38FN5O2. The molecule has 2 aromatic heterocycles. The summed E-state index contributed by atoms with van der Waals surface area (Å²) in [5.41, 5.74) is 1.73. The van der Waals surface area contributed by atoms with Gasteiger partial charge in [0.15, 0.2) is 11.4 Å². The molecule has 0 amide bonds. The third-order valence-corrected chi connectivity index (χ3v) is 8.69. The van der Waals surface area contributed by atoms with Crippen LogP contribution in [0.5, 0.6) is 5.88 Å². The van der Waals surface area contributed by atoms with Crippen LogP contribution in [0, 0.1) is 11.7 Å². The Morgan fingerprint density at radius 2 is 1.89 bits per heavy atom. The van der Waals surface area contributed by atoms with E-state index in [0.29, 0.717) is 36.2 Å². The number of benzene rings is 1. The van der Waals surface area contributed by atoms with E-state index in [1.165, 1.54) is 31.4 Å².